The molecule has 0 amide bonds. The topological polar surface area (TPSA) is 13.1 Å². The van der Waals surface area contributed by atoms with Crippen LogP contribution < -0.4 is 0 Å². The molecule has 2 rings (SSSR count). The van der Waals surface area contributed by atoms with Crippen LogP contribution in [0.5, 0.6) is 0 Å². The molecule has 0 saturated carbocycles. The Labute approximate surface area is 111 Å². The smallest absolute Gasteiger partial charge is 0.121 e. The highest BCUT2D eigenvalue weighted by Gasteiger charge is 2.19. The molecule has 90 valence electrons. The van der Waals surface area contributed by atoms with E-state index in [-0.39, 0.29) is 4.83 Å². The van der Waals surface area contributed by atoms with Gasteiger partial charge in [0.05, 0.1) is 11.1 Å². The molecule has 0 saturated heterocycles. The van der Waals surface area contributed by atoms with Gasteiger partial charge in [0.25, 0.3) is 0 Å². The van der Waals surface area contributed by atoms with Gasteiger partial charge in [-0.05, 0) is 67.6 Å². The van der Waals surface area contributed by atoms with E-state index in [2.05, 4.69) is 49.7 Å². The van der Waals surface area contributed by atoms with E-state index in [1.165, 1.54) is 27.8 Å². The van der Waals surface area contributed by atoms with Crippen molar-refractivity contribution in [2.75, 3.05) is 0 Å². The van der Waals surface area contributed by atoms with Crippen LogP contribution in [-0.4, -0.2) is 0 Å². The highest BCUT2D eigenvalue weighted by atomic mass is 79.9. The molecule has 1 unspecified atom stereocenters. The van der Waals surface area contributed by atoms with Gasteiger partial charge in [-0.15, -0.1) is 0 Å². The van der Waals surface area contributed by atoms with Crippen molar-refractivity contribution in [2.24, 2.45) is 0 Å². The zero-order chi connectivity index (χ0) is 12.6. The molecule has 0 aliphatic rings. The molecule has 1 aromatic heterocycles. The van der Waals surface area contributed by atoms with E-state index < -0.39 is 0 Å². The van der Waals surface area contributed by atoms with Gasteiger partial charge in [-0.25, -0.2) is 0 Å². The molecule has 2 aromatic rings. The summed E-state index contributed by atoms with van der Waals surface area (Å²) in [5, 5.41) is 0. The maximum atomic E-state index is 5.49. The maximum absolute atomic E-state index is 5.49. The molecule has 17 heavy (non-hydrogen) atoms. The Bertz CT molecular complexity index is 500. The molecular weight excluding hydrogens is 276 g/mol. The fourth-order valence-corrected chi connectivity index (χ4v) is 3.15. The highest BCUT2D eigenvalue weighted by Crippen LogP contribution is 2.37. The molecule has 0 bridgehead atoms. The number of hydrogen-bond acceptors (Lipinski definition) is 1. The predicted octanol–water partition coefficient (Wildman–Crippen LogP) is 5.00. The Hall–Kier alpha value is -1.02. The summed E-state index contributed by atoms with van der Waals surface area (Å²) in [6.45, 7) is 8.67. The van der Waals surface area contributed by atoms with Gasteiger partial charge in [-0.2, -0.15) is 0 Å². The first-order chi connectivity index (χ1) is 8.02. The molecule has 1 aromatic carbocycles. The number of benzene rings is 1. The lowest BCUT2D eigenvalue weighted by atomic mass is 9.92. The van der Waals surface area contributed by atoms with Gasteiger partial charge in [0.1, 0.15) is 5.76 Å². The first-order valence-electron chi connectivity index (χ1n) is 5.77. The predicted molar refractivity (Wildman–Crippen MR) is 74.9 cm³/mol. The lowest BCUT2D eigenvalue weighted by Gasteiger charge is -2.18. The van der Waals surface area contributed by atoms with Crippen molar-refractivity contribution in [3.63, 3.8) is 0 Å². The second-order valence-electron chi connectivity index (χ2n) is 4.55. The third kappa shape index (κ3) is 2.19. The van der Waals surface area contributed by atoms with Crippen LogP contribution >= 0.6 is 15.9 Å². The summed E-state index contributed by atoms with van der Waals surface area (Å²) in [6, 6.07) is 6.18. The van der Waals surface area contributed by atoms with E-state index in [4.69, 9.17) is 4.42 Å². The Morgan fingerprint density at radius 1 is 1.06 bits per heavy atom. The summed E-state index contributed by atoms with van der Waals surface area (Å²) >= 11 is 3.75. The lowest BCUT2D eigenvalue weighted by molar-refractivity contribution is 0.519. The number of halogens is 1. The van der Waals surface area contributed by atoms with Crippen LogP contribution in [0.15, 0.2) is 28.9 Å². The van der Waals surface area contributed by atoms with E-state index in [1.54, 1.807) is 6.26 Å². The first kappa shape index (κ1) is 12.4. The molecule has 1 heterocycles. The minimum absolute atomic E-state index is 0.135. The van der Waals surface area contributed by atoms with Crippen molar-refractivity contribution in [3.05, 3.63) is 58.0 Å². The van der Waals surface area contributed by atoms with Crippen molar-refractivity contribution in [1.82, 2.24) is 0 Å². The van der Waals surface area contributed by atoms with Crippen molar-refractivity contribution in [2.45, 2.75) is 32.5 Å². The highest BCUT2D eigenvalue weighted by molar-refractivity contribution is 9.09. The van der Waals surface area contributed by atoms with E-state index in [0.29, 0.717) is 0 Å². The van der Waals surface area contributed by atoms with Gasteiger partial charge < -0.3 is 4.42 Å². The van der Waals surface area contributed by atoms with Gasteiger partial charge in [-0.3, -0.25) is 0 Å². The standard InChI is InChI=1S/C15H17BrO/c1-9-8-10(2)12(4)14(11(9)3)15(16)13-6-5-7-17-13/h5-8,15H,1-4H3. The number of alkyl halides is 1. The van der Waals surface area contributed by atoms with E-state index in [1.807, 2.05) is 12.1 Å². The fourth-order valence-electron chi connectivity index (χ4n) is 2.21. The van der Waals surface area contributed by atoms with Crippen molar-refractivity contribution in [1.29, 1.82) is 0 Å². The zero-order valence-corrected chi connectivity index (χ0v) is 12.3. The van der Waals surface area contributed by atoms with Gasteiger partial charge >= 0.3 is 0 Å². The van der Waals surface area contributed by atoms with Crippen LogP contribution in [0.1, 0.15) is 38.4 Å². The third-order valence-corrected chi connectivity index (χ3v) is 4.38. The fraction of sp³-hybridized carbons (Fsp3) is 0.333. The molecule has 1 atom stereocenters. The summed E-state index contributed by atoms with van der Waals surface area (Å²) in [6.07, 6.45) is 1.72. The monoisotopic (exact) mass is 292 g/mol. The van der Waals surface area contributed by atoms with Gasteiger partial charge in [0.15, 0.2) is 0 Å². The molecule has 0 radical (unpaired) electrons. The first-order valence-corrected chi connectivity index (χ1v) is 6.68. The quantitative estimate of drug-likeness (QED) is 0.710. The summed E-state index contributed by atoms with van der Waals surface area (Å²) in [7, 11) is 0. The third-order valence-electron chi connectivity index (χ3n) is 3.47. The number of hydrogen-bond donors (Lipinski definition) is 0. The molecule has 0 fully saturated rings. The lowest BCUT2D eigenvalue weighted by Crippen LogP contribution is -2.02. The Kier molecular flexibility index (Phi) is 3.43. The number of aryl methyl sites for hydroxylation is 2. The molecule has 2 heteroatoms. The summed E-state index contributed by atoms with van der Waals surface area (Å²) in [5.74, 6) is 0.959. The average Bonchev–Trinajstić information content (AvgIpc) is 2.80. The Morgan fingerprint density at radius 3 is 2.12 bits per heavy atom. The van der Waals surface area contributed by atoms with Crippen LogP contribution in [0, 0.1) is 27.7 Å². The zero-order valence-electron chi connectivity index (χ0n) is 10.7. The second kappa shape index (κ2) is 4.69. The van der Waals surface area contributed by atoms with Crippen molar-refractivity contribution >= 4 is 15.9 Å². The molecule has 0 aliphatic heterocycles. The molecule has 0 aliphatic carbocycles. The van der Waals surface area contributed by atoms with E-state index >= 15 is 0 Å². The SMILES string of the molecule is Cc1cc(C)c(C)c(C(Br)c2ccco2)c1C. The van der Waals surface area contributed by atoms with Crippen molar-refractivity contribution in [3.8, 4) is 0 Å². The normalized spacial score (nSPS) is 12.8. The molecular formula is C15H17BrO. The van der Waals surface area contributed by atoms with Gasteiger partial charge in [0, 0.05) is 0 Å². The second-order valence-corrected chi connectivity index (χ2v) is 5.47. The average molecular weight is 293 g/mol. The van der Waals surface area contributed by atoms with E-state index in [0.717, 1.165) is 5.76 Å². The van der Waals surface area contributed by atoms with Crippen LogP contribution in [0.2, 0.25) is 0 Å². The largest absolute Gasteiger partial charge is 0.468 e. The minimum Gasteiger partial charge on any atom is -0.468 e. The van der Waals surface area contributed by atoms with Crippen LogP contribution in [0.3, 0.4) is 0 Å². The van der Waals surface area contributed by atoms with Crippen LogP contribution in [0.4, 0.5) is 0 Å². The molecule has 1 nitrogen and oxygen atoms in total. The molecule has 0 spiro atoms. The van der Waals surface area contributed by atoms with Crippen molar-refractivity contribution < 1.29 is 4.42 Å². The van der Waals surface area contributed by atoms with E-state index in [9.17, 15) is 0 Å². The maximum Gasteiger partial charge on any atom is 0.121 e. The van der Waals surface area contributed by atoms with Crippen LogP contribution in [0.25, 0.3) is 0 Å². The molecule has 0 N–H and O–H groups in total. The summed E-state index contributed by atoms with van der Waals surface area (Å²) < 4.78 is 5.49. The minimum atomic E-state index is 0.135. The summed E-state index contributed by atoms with van der Waals surface area (Å²) in [5.41, 5.74) is 6.67. The number of rotatable bonds is 2. The Morgan fingerprint density at radius 2 is 1.65 bits per heavy atom. The summed E-state index contributed by atoms with van der Waals surface area (Å²) in [4.78, 5) is 0.135. The van der Waals surface area contributed by atoms with Gasteiger partial charge in [-0.1, -0.05) is 22.0 Å². The van der Waals surface area contributed by atoms with Gasteiger partial charge in [0.2, 0.25) is 0 Å². The van der Waals surface area contributed by atoms with Crippen LogP contribution in [-0.2, 0) is 0 Å². The number of furan rings is 1. The Balaban J connectivity index is 2.59.